The van der Waals surface area contributed by atoms with E-state index in [4.69, 9.17) is 4.74 Å². The normalized spacial score (nSPS) is 11.4. The summed E-state index contributed by atoms with van der Waals surface area (Å²) in [6, 6.07) is 9.63. The van der Waals surface area contributed by atoms with Gasteiger partial charge in [0.25, 0.3) is 5.91 Å². The second-order valence-electron chi connectivity index (χ2n) is 4.91. The number of carbonyl (C=O) groups is 3. The van der Waals surface area contributed by atoms with Crippen LogP contribution in [0.2, 0.25) is 0 Å². The van der Waals surface area contributed by atoms with Gasteiger partial charge in [-0.1, -0.05) is 0 Å². The number of amides is 1. The van der Waals surface area contributed by atoms with Crippen molar-refractivity contribution in [2.24, 2.45) is 0 Å². The zero-order valence-corrected chi connectivity index (χ0v) is 12.8. The van der Waals surface area contributed by atoms with Crippen LogP contribution in [-0.4, -0.2) is 28.7 Å². The first-order chi connectivity index (χ1) is 11.0. The predicted molar refractivity (Wildman–Crippen MR) is 84.2 cm³/mol. The third kappa shape index (κ3) is 4.47. The molecule has 6 heteroatoms. The van der Waals surface area contributed by atoms with Gasteiger partial charge in [0.1, 0.15) is 0 Å². The van der Waals surface area contributed by atoms with Gasteiger partial charge in [0, 0.05) is 23.6 Å². The van der Waals surface area contributed by atoms with Crippen molar-refractivity contribution >= 4 is 23.3 Å². The maximum absolute atomic E-state index is 12.0. The van der Waals surface area contributed by atoms with Gasteiger partial charge in [0.2, 0.25) is 0 Å². The number of ketones is 1. The average Bonchev–Trinajstić information content (AvgIpc) is 2.56. The van der Waals surface area contributed by atoms with Crippen LogP contribution in [0.15, 0.2) is 48.8 Å². The van der Waals surface area contributed by atoms with Gasteiger partial charge < -0.3 is 10.1 Å². The number of nitrogens with zero attached hydrogens (tertiary/aromatic N) is 1. The summed E-state index contributed by atoms with van der Waals surface area (Å²) in [7, 11) is 0. The molecule has 1 N–H and O–H groups in total. The Hall–Kier alpha value is -3.02. The number of rotatable bonds is 5. The zero-order chi connectivity index (χ0) is 16.8. The summed E-state index contributed by atoms with van der Waals surface area (Å²) in [5, 5.41) is 2.62. The summed E-state index contributed by atoms with van der Waals surface area (Å²) in [4.78, 5) is 38.9. The van der Waals surface area contributed by atoms with Crippen molar-refractivity contribution < 1.29 is 19.1 Å². The maximum Gasteiger partial charge on any atom is 0.340 e. The molecular formula is C17H16N2O4. The van der Waals surface area contributed by atoms with Gasteiger partial charge in [0.15, 0.2) is 11.9 Å². The second-order valence-corrected chi connectivity index (χ2v) is 4.91. The van der Waals surface area contributed by atoms with Crippen LogP contribution in [0, 0.1) is 0 Å². The Kier molecular flexibility index (Phi) is 5.19. The molecule has 1 heterocycles. The maximum atomic E-state index is 12.0. The van der Waals surface area contributed by atoms with Crippen molar-refractivity contribution in [3.8, 4) is 0 Å². The van der Waals surface area contributed by atoms with E-state index in [1.54, 1.807) is 36.4 Å². The molecule has 0 aliphatic heterocycles. The van der Waals surface area contributed by atoms with E-state index in [2.05, 4.69) is 10.3 Å². The molecule has 0 fully saturated rings. The Morgan fingerprint density at radius 1 is 1.09 bits per heavy atom. The van der Waals surface area contributed by atoms with Gasteiger partial charge in [0.05, 0.1) is 5.56 Å². The third-order valence-corrected chi connectivity index (χ3v) is 3.11. The van der Waals surface area contributed by atoms with Gasteiger partial charge in [-0.25, -0.2) is 4.79 Å². The highest BCUT2D eigenvalue weighted by Gasteiger charge is 2.19. The standard InChI is InChI=1S/C17H16N2O4/c1-11(20)13-5-7-15(8-6-13)19-16(21)12(2)23-17(22)14-4-3-9-18-10-14/h3-10,12H,1-2H3,(H,19,21)/t12-/m0/s1. The molecule has 2 aromatic rings. The topological polar surface area (TPSA) is 85.4 Å². The summed E-state index contributed by atoms with van der Waals surface area (Å²) >= 11 is 0. The molecular weight excluding hydrogens is 296 g/mol. The first kappa shape index (κ1) is 16.4. The number of anilines is 1. The molecule has 0 spiro atoms. The zero-order valence-electron chi connectivity index (χ0n) is 12.8. The highest BCUT2D eigenvalue weighted by molar-refractivity contribution is 5.98. The molecule has 118 valence electrons. The summed E-state index contributed by atoms with van der Waals surface area (Å²) in [6.07, 6.45) is 1.95. The smallest absolute Gasteiger partial charge is 0.340 e. The van der Waals surface area contributed by atoms with E-state index in [0.29, 0.717) is 11.3 Å². The monoisotopic (exact) mass is 312 g/mol. The van der Waals surface area contributed by atoms with Crippen molar-refractivity contribution in [2.45, 2.75) is 20.0 Å². The van der Waals surface area contributed by atoms with Gasteiger partial charge >= 0.3 is 5.97 Å². The number of hydrogen-bond donors (Lipinski definition) is 1. The Balaban J connectivity index is 1.94. The fraction of sp³-hybridized carbons (Fsp3) is 0.176. The summed E-state index contributed by atoms with van der Waals surface area (Å²) in [5.74, 6) is -1.13. The molecule has 0 saturated carbocycles. The molecule has 2 rings (SSSR count). The third-order valence-electron chi connectivity index (χ3n) is 3.11. The average molecular weight is 312 g/mol. The minimum Gasteiger partial charge on any atom is -0.449 e. The summed E-state index contributed by atoms with van der Waals surface area (Å²) < 4.78 is 5.09. The number of benzene rings is 1. The lowest BCUT2D eigenvalue weighted by Gasteiger charge is -2.13. The highest BCUT2D eigenvalue weighted by atomic mass is 16.5. The number of Topliss-reactive ketones (excluding diaryl/α,β-unsaturated/α-hetero) is 1. The quantitative estimate of drug-likeness (QED) is 0.677. The minimum atomic E-state index is -0.963. The number of nitrogens with one attached hydrogen (secondary N) is 1. The Bertz CT molecular complexity index is 711. The number of ether oxygens (including phenoxy) is 1. The summed E-state index contributed by atoms with van der Waals surface area (Å²) in [5.41, 5.74) is 1.35. The minimum absolute atomic E-state index is 0.0540. The largest absolute Gasteiger partial charge is 0.449 e. The van der Waals surface area contributed by atoms with Crippen molar-refractivity contribution in [1.29, 1.82) is 0 Å². The molecule has 6 nitrogen and oxygen atoms in total. The van der Waals surface area contributed by atoms with Crippen LogP contribution in [0.3, 0.4) is 0 Å². The molecule has 1 aromatic carbocycles. The number of pyridine rings is 1. The van der Waals surface area contributed by atoms with E-state index in [-0.39, 0.29) is 11.3 Å². The van der Waals surface area contributed by atoms with Gasteiger partial charge in [-0.2, -0.15) is 0 Å². The lowest BCUT2D eigenvalue weighted by molar-refractivity contribution is -0.123. The Labute approximate surface area is 133 Å². The number of aromatic nitrogens is 1. The number of carbonyl (C=O) groups excluding carboxylic acids is 3. The second kappa shape index (κ2) is 7.31. The van der Waals surface area contributed by atoms with E-state index < -0.39 is 18.0 Å². The number of esters is 1. The molecule has 0 aliphatic carbocycles. The fourth-order valence-electron chi connectivity index (χ4n) is 1.80. The SMILES string of the molecule is CC(=O)c1ccc(NC(=O)[C@H](C)OC(=O)c2cccnc2)cc1. The van der Waals surface area contributed by atoms with Crippen LogP contribution < -0.4 is 5.32 Å². The molecule has 1 aromatic heterocycles. The summed E-state index contributed by atoms with van der Waals surface area (Å²) in [6.45, 7) is 2.95. The molecule has 0 unspecified atom stereocenters. The first-order valence-corrected chi connectivity index (χ1v) is 7.00. The molecule has 0 bridgehead atoms. The van der Waals surface area contributed by atoms with E-state index in [1.807, 2.05) is 0 Å². The van der Waals surface area contributed by atoms with Crippen LogP contribution in [0.5, 0.6) is 0 Å². The van der Waals surface area contributed by atoms with Crippen LogP contribution in [0.4, 0.5) is 5.69 Å². The van der Waals surface area contributed by atoms with E-state index in [9.17, 15) is 14.4 Å². The molecule has 23 heavy (non-hydrogen) atoms. The van der Waals surface area contributed by atoms with Crippen molar-refractivity contribution in [3.05, 3.63) is 59.9 Å². The fourth-order valence-corrected chi connectivity index (χ4v) is 1.80. The van der Waals surface area contributed by atoms with Crippen LogP contribution in [0.25, 0.3) is 0 Å². The van der Waals surface area contributed by atoms with Gasteiger partial charge in [-0.05, 0) is 50.2 Å². The lowest BCUT2D eigenvalue weighted by atomic mass is 10.1. The molecule has 0 saturated heterocycles. The lowest BCUT2D eigenvalue weighted by Crippen LogP contribution is -2.30. The Morgan fingerprint density at radius 2 is 1.78 bits per heavy atom. The van der Waals surface area contributed by atoms with Gasteiger partial charge in [-0.15, -0.1) is 0 Å². The van der Waals surface area contributed by atoms with Crippen LogP contribution in [0.1, 0.15) is 34.6 Å². The number of hydrogen-bond acceptors (Lipinski definition) is 5. The predicted octanol–water partition coefficient (Wildman–Crippen LogP) is 2.47. The molecule has 0 aliphatic rings. The van der Waals surface area contributed by atoms with Crippen LogP contribution in [-0.2, 0) is 9.53 Å². The molecule has 1 amide bonds. The highest BCUT2D eigenvalue weighted by Crippen LogP contribution is 2.11. The van der Waals surface area contributed by atoms with E-state index in [1.165, 1.54) is 26.2 Å². The first-order valence-electron chi connectivity index (χ1n) is 7.00. The molecule has 0 radical (unpaired) electrons. The van der Waals surface area contributed by atoms with E-state index in [0.717, 1.165) is 0 Å². The molecule has 1 atom stereocenters. The van der Waals surface area contributed by atoms with Crippen LogP contribution >= 0.6 is 0 Å². The van der Waals surface area contributed by atoms with E-state index >= 15 is 0 Å². The van der Waals surface area contributed by atoms with Crippen molar-refractivity contribution in [2.75, 3.05) is 5.32 Å². The Morgan fingerprint density at radius 3 is 2.35 bits per heavy atom. The van der Waals surface area contributed by atoms with Crippen molar-refractivity contribution in [1.82, 2.24) is 4.98 Å². The van der Waals surface area contributed by atoms with Crippen molar-refractivity contribution in [3.63, 3.8) is 0 Å². The van der Waals surface area contributed by atoms with Gasteiger partial charge in [-0.3, -0.25) is 14.6 Å².